The molecule has 1 atom stereocenters. The largest absolute Gasteiger partial charge is 0.444 e. The number of hydrogen-bond donors (Lipinski definition) is 3. The molecule has 2 rings (SSSR count). The topological polar surface area (TPSA) is 95.1 Å². The van der Waals surface area contributed by atoms with Crippen LogP contribution in [0.15, 0.2) is 29.3 Å². The van der Waals surface area contributed by atoms with Crippen molar-refractivity contribution in [3.05, 3.63) is 35.4 Å². The Morgan fingerprint density at radius 3 is 2.61 bits per heavy atom. The molecule has 1 saturated heterocycles. The fraction of sp³-hybridized carbons (Fsp3) is 0.625. The Morgan fingerprint density at radius 2 is 1.94 bits per heavy atom. The number of likely N-dealkylation sites (tertiary alicyclic amines) is 1. The molecule has 1 aromatic carbocycles. The molecule has 33 heavy (non-hydrogen) atoms. The van der Waals surface area contributed by atoms with Crippen molar-refractivity contribution in [2.75, 3.05) is 40.3 Å². The maximum atomic E-state index is 12.3. The average molecular weight is 574 g/mol. The highest BCUT2D eigenvalue weighted by Gasteiger charge is 2.27. The zero-order valence-corrected chi connectivity index (χ0v) is 22.9. The molecule has 1 aromatic rings. The van der Waals surface area contributed by atoms with E-state index in [2.05, 4.69) is 20.9 Å². The van der Waals surface area contributed by atoms with Gasteiger partial charge in [-0.1, -0.05) is 12.1 Å². The average Bonchev–Trinajstić information content (AvgIpc) is 2.76. The third-order valence-electron chi connectivity index (χ3n) is 5.36. The van der Waals surface area contributed by atoms with Crippen molar-refractivity contribution < 1.29 is 14.3 Å². The van der Waals surface area contributed by atoms with Gasteiger partial charge in [-0.25, -0.2) is 4.79 Å². The summed E-state index contributed by atoms with van der Waals surface area (Å²) in [5.41, 5.74) is 1.30. The first-order valence-corrected chi connectivity index (χ1v) is 11.5. The number of piperidine rings is 1. The Bertz CT molecular complexity index is 795. The zero-order chi connectivity index (χ0) is 23.6. The molecule has 2 amide bonds. The van der Waals surface area contributed by atoms with Crippen molar-refractivity contribution in [2.24, 2.45) is 10.9 Å². The number of guanidine groups is 1. The Balaban J connectivity index is 0.00000544. The van der Waals surface area contributed by atoms with Crippen molar-refractivity contribution in [1.29, 1.82) is 0 Å². The molecule has 1 aliphatic heterocycles. The molecule has 0 spiro atoms. The first-order chi connectivity index (χ1) is 15.2. The number of carbonyl (C=O) groups is 2. The van der Waals surface area contributed by atoms with Crippen molar-refractivity contribution in [1.82, 2.24) is 20.9 Å². The maximum absolute atomic E-state index is 12.3. The fourth-order valence-electron chi connectivity index (χ4n) is 3.75. The number of nitrogens with one attached hydrogen (secondary N) is 3. The summed E-state index contributed by atoms with van der Waals surface area (Å²) in [5, 5.41) is 9.34. The molecular formula is C24H40IN5O3. The van der Waals surface area contributed by atoms with Gasteiger partial charge in [0, 0.05) is 45.8 Å². The van der Waals surface area contributed by atoms with Gasteiger partial charge < -0.3 is 25.6 Å². The SMILES string of the molecule is CN=C(NCCc1cccc(C(=O)NC)c1)NCCC1CCCN(C(=O)OC(C)(C)C)C1.I. The molecular weight excluding hydrogens is 533 g/mol. The van der Waals surface area contributed by atoms with Gasteiger partial charge in [-0.2, -0.15) is 0 Å². The molecule has 186 valence electrons. The molecule has 1 heterocycles. The van der Waals surface area contributed by atoms with Crippen LogP contribution in [0, 0.1) is 5.92 Å². The third kappa shape index (κ3) is 10.6. The van der Waals surface area contributed by atoms with Crippen molar-refractivity contribution >= 4 is 41.9 Å². The number of amides is 2. The lowest BCUT2D eigenvalue weighted by Gasteiger charge is -2.34. The van der Waals surface area contributed by atoms with Gasteiger partial charge in [0.1, 0.15) is 5.60 Å². The van der Waals surface area contributed by atoms with E-state index in [1.54, 1.807) is 14.1 Å². The monoisotopic (exact) mass is 573 g/mol. The molecule has 1 unspecified atom stereocenters. The van der Waals surface area contributed by atoms with Crippen LogP contribution in [0.25, 0.3) is 0 Å². The van der Waals surface area contributed by atoms with E-state index >= 15 is 0 Å². The predicted octanol–water partition coefficient (Wildman–Crippen LogP) is 3.41. The first kappa shape index (κ1) is 29.0. The zero-order valence-electron chi connectivity index (χ0n) is 20.6. The second kappa shape index (κ2) is 14.3. The molecule has 1 aliphatic rings. The van der Waals surface area contributed by atoms with E-state index in [-0.39, 0.29) is 36.0 Å². The van der Waals surface area contributed by atoms with Crippen molar-refractivity contribution in [3.8, 4) is 0 Å². The lowest BCUT2D eigenvalue weighted by atomic mass is 9.95. The second-order valence-corrected chi connectivity index (χ2v) is 9.18. The van der Waals surface area contributed by atoms with E-state index < -0.39 is 5.60 Å². The molecule has 3 N–H and O–H groups in total. The number of hydrogen-bond acceptors (Lipinski definition) is 4. The molecule has 0 bridgehead atoms. The quantitative estimate of drug-likeness (QED) is 0.264. The molecule has 8 nitrogen and oxygen atoms in total. The van der Waals surface area contributed by atoms with Crippen molar-refractivity contribution in [3.63, 3.8) is 0 Å². The van der Waals surface area contributed by atoms with Crippen LogP contribution in [-0.4, -0.2) is 68.7 Å². The molecule has 1 fully saturated rings. The van der Waals surface area contributed by atoms with Gasteiger partial charge in [0.15, 0.2) is 5.96 Å². The van der Waals surface area contributed by atoms with Gasteiger partial charge in [-0.05, 0) is 70.1 Å². The van der Waals surface area contributed by atoms with Gasteiger partial charge in [-0.3, -0.25) is 9.79 Å². The normalized spacial score (nSPS) is 16.5. The molecule has 0 radical (unpaired) electrons. The summed E-state index contributed by atoms with van der Waals surface area (Å²) in [5.74, 6) is 1.13. The minimum absolute atomic E-state index is 0. The Hall–Kier alpha value is -2.04. The van der Waals surface area contributed by atoms with E-state index in [1.807, 2.05) is 49.9 Å². The van der Waals surface area contributed by atoms with E-state index in [1.165, 1.54) is 0 Å². The number of ether oxygens (including phenoxy) is 1. The van der Waals surface area contributed by atoms with E-state index in [9.17, 15) is 9.59 Å². The fourth-order valence-corrected chi connectivity index (χ4v) is 3.75. The smallest absolute Gasteiger partial charge is 0.410 e. The number of nitrogens with zero attached hydrogens (tertiary/aromatic N) is 2. The summed E-state index contributed by atoms with van der Waals surface area (Å²) in [6, 6.07) is 7.64. The van der Waals surface area contributed by atoms with Crippen LogP contribution < -0.4 is 16.0 Å². The highest BCUT2D eigenvalue weighted by atomic mass is 127. The van der Waals surface area contributed by atoms with Crippen LogP contribution in [0.2, 0.25) is 0 Å². The summed E-state index contributed by atoms with van der Waals surface area (Å²) in [6.07, 6.45) is 3.67. The highest BCUT2D eigenvalue weighted by molar-refractivity contribution is 14.0. The molecule has 0 aliphatic carbocycles. The molecule has 0 aromatic heterocycles. The van der Waals surface area contributed by atoms with Gasteiger partial charge in [-0.15, -0.1) is 24.0 Å². The summed E-state index contributed by atoms with van der Waals surface area (Å²) in [7, 11) is 3.39. The number of carbonyl (C=O) groups excluding carboxylic acids is 2. The maximum Gasteiger partial charge on any atom is 0.410 e. The number of benzene rings is 1. The Labute approximate surface area is 215 Å². The van der Waals surface area contributed by atoms with Gasteiger partial charge >= 0.3 is 6.09 Å². The van der Waals surface area contributed by atoms with Crippen LogP contribution >= 0.6 is 24.0 Å². The van der Waals surface area contributed by atoms with Gasteiger partial charge in [0.05, 0.1) is 0 Å². The van der Waals surface area contributed by atoms with Crippen LogP contribution in [0.4, 0.5) is 4.79 Å². The van der Waals surface area contributed by atoms with Crippen LogP contribution in [0.5, 0.6) is 0 Å². The third-order valence-corrected chi connectivity index (χ3v) is 5.36. The summed E-state index contributed by atoms with van der Waals surface area (Å²) < 4.78 is 5.51. The van der Waals surface area contributed by atoms with E-state index in [0.717, 1.165) is 56.8 Å². The van der Waals surface area contributed by atoms with E-state index in [4.69, 9.17) is 4.74 Å². The van der Waals surface area contributed by atoms with E-state index in [0.29, 0.717) is 18.0 Å². The first-order valence-electron chi connectivity index (χ1n) is 11.5. The number of halogens is 1. The lowest BCUT2D eigenvalue weighted by molar-refractivity contribution is 0.0162. The minimum Gasteiger partial charge on any atom is -0.444 e. The molecule has 9 heteroatoms. The van der Waals surface area contributed by atoms with Crippen molar-refractivity contribution in [2.45, 2.75) is 52.1 Å². The number of rotatable bonds is 7. The predicted molar refractivity (Wildman–Crippen MR) is 143 cm³/mol. The van der Waals surface area contributed by atoms with Crippen LogP contribution in [-0.2, 0) is 11.2 Å². The Kier molecular flexibility index (Phi) is 12.5. The highest BCUT2D eigenvalue weighted by Crippen LogP contribution is 2.21. The standard InChI is InChI=1S/C24H39N5O3.HI/c1-24(2,3)32-23(31)29-15-7-9-19(17-29)12-14-28-22(26-5)27-13-11-18-8-6-10-20(16-18)21(30)25-4;/h6,8,10,16,19H,7,9,11-15,17H2,1-5H3,(H,25,30)(H2,26,27,28);1H. The summed E-state index contributed by atoms with van der Waals surface area (Å²) in [4.78, 5) is 30.2. The van der Waals surface area contributed by atoms with Crippen LogP contribution in [0.1, 0.15) is 56.0 Å². The van der Waals surface area contributed by atoms with Gasteiger partial charge in [0.2, 0.25) is 0 Å². The minimum atomic E-state index is -0.465. The second-order valence-electron chi connectivity index (χ2n) is 9.18. The lowest BCUT2D eigenvalue weighted by Crippen LogP contribution is -2.44. The summed E-state index contributed by atoms with van der Waals surface area (Å²) in [6.45, 7) is 8.70. The van der Waals surface area contributed by atoms with Gasteiger partial charge in [0.25, 0.3) is 5.91 Å². The Morgan fingerprint density at radius 1 is 1.21 bits per heavy atom. The number of aliphatic imine (C=N–C) groups is 1. The molecule has 0 saturated carbocycles. The summed E-state index contributed by atoms with van der Waals surface area (Å²) >= 11 is 0. The van der Waals surface area contributed by atoms with Crippen LogP contribution in [0.3, 0.4) is 0 Å².